The molecule has 10 nitrogen and oxygen atoms in total. The molecule has 3 aromatic rings. The summed E-state index contributed by atoms with van der Waals surface area (Å²) in [5, 5.41) is 14.9. The first-order valence-electron chi connectivity index (χ1n) is 12.8. The number of anilines is 1. The van der Waals surface area contributed by atoms with Crippen molar-refractivity contribution in [2.45, 2.75) is 44.2 Å². The third-order valence-electron chi connectivity index (χ3n) is 6.29. The van der Waals surface area contributed by atoms with E-state index in [0.717, 1.165) is 23.2 Å². The van der Waals surface area contributed by atoms with Crippen LogP contribution in [0.15, 0.2) is 77.7 Å². The van der Waals surface area contributed by atoms with Crippen molar-refractivity contribution in [1.82, 2.24) is 10.2 Å². The predicted molar refractivity (Wildman–Crippen MR) is 158 cm³/mol. The summed E-state index contributed by atoms with van der Waals surface area (Å²) in [7, 11) is -4.36. The molecule has 0 saturated heterocycles. The van der Waals surface area contributed by atoms with Crippen molar-refractivity contribution in [1.29, 1.82) is 0 Å². The molecule has 0 heterocycles. The number of amides is 2. The van der Waals surface area contributed by atoms with Crippen molar-refractivity contribution in [2.24, 2.45) is 0 Å². The summed E-state index contributed by atoms with van der Waals surface area (Å²) in [4.78, 5) is 38.8. The summed E-state index contributed by atoms with van der Waals surface area (Å²) >= 11 is 12.4. The second-order valence-electron chi connectivity index (χ2n) is 9.18. The number of carbonyl (C=O) groups is 2. The number of nitrogens with zero attached hydrogens (tertiary/aromatic N) is 3. The molecule has 0 aromatic heterocycles. The van der Waals surface area contributed by atoms with E-state index in [9.17, 15) is 28.1 Å². The molecule has 0 spiro atoms. The highest BCUT2D eigenvalue weighted by Crippen LogP contribution is 2.28. The number of unbranched alkanes of at least 4 members (excludes halogenated alkanes) is 1. The number of sulfonamides is 1. The molecule has 218 valence electrons. The molecular formula is C28H30Cl2N4O6S. The summed E-state index contributed by atoms with van der Waals surface area (Å²) in [6.45, 7) is 3.06. The second kappa shape index (κ2) is 14.3. The molecule has 0 fully saturated rings. The zero-order valence-electron chi connectivity index (χ0n) is 22.5. The van der Waals surface area contributed by atoms with E-state index in [1.165, 1.54) is 60.4 Å². The number of rotatable bonds is 13. The highest BCUT2D eigenvalue weighted by atomic mass is 35.5. The Kier molecular flexibility index (Phi) is 11.1. The van der Waals surface area contributed by atoms with E-state index in [4.69, 9.17) is 23.2 Å². The first-order valence-corrected chi connectivity index (χ1v) is 15.0. The van der Waals surface area contributed by atoms with Gasteiger partial charge in [-0.1, -0.05) is 66.9 Å². The third kappa shape index (κ3) is 8.18. The van der Waals surface area contributed by atoms with Crippen LogP contribution < -0.4 is 9.62 Å². The number of hydrogen-bond donors (Lipinski definition) is 1. The number of hydrogen-bond acceptors (Lipinski definition) is 6. The first kappa shape index (κ1) is 31.9. The van der Waals surface area contributed by atoms with Gasteiger partial charge in [-0.15, -0.1) is 0 Å². The Labute approximate surface area is 249 Å². The van der Waals surface area contributed by atoms with Gasteiger partial charge in [0, 0.05) is 35.3 Å². The average Bonchev–Trinajstić information content (AvgIpc) is 2.95. The van der Waals surface area contributed by atoms with Crippen molar-refractivity contribution in [3.05, 3.63) is 98.5 Å². The Balaban J connectivity index is 2.05. The molecule has 0 unspecified atom stereocenters. The smallest absolute Gasteiger partial charge is 0.271 e. The minimum atomic E-state index is -4.36. The summed E-state index contributed by atoms with van der Waals surface area (Å²) in [5.41, 5.74) is 0.0584. The van der Waals surface area contributed by atoms with Gasteiger partial charge in [-0.3, -0.25) is 24.0 Å². The molecule has 1 atom stereocenters. The zero-order valence-corrected chi connectivity index (χ0v) is 24.8. The fourth-order valence-electron chi connectivity index (χ4n) is 3.96. The van der Waals surface area contributed by atoms with Crippen LogP contribution in [0, 0.1) is 10.1 Å². The quantitative estimate of drug-likeness (QED) is 0.154. The average molecular weight is 622 g/mol. The Bertz CT molecular complexity index is 1500. The van der Waals surface area contributed by atoms with E-state index in [-0.39, 0.29) is 27.8 Å². The number of nitro groups is 1. The van der Waals surface area contributed by atoms with E-state index < -0.39 is 39.3 Å². The molecular weight excluding hydrogens is 591 g/mol. The summed E-state index contributed by atoms with van der Waals surface area (Å²) in [5.74, 6) is -1.15. The first-order chi connectivity index (χ1) is 19.4. The van der Waals surface area contributed by atoms with Crippen LogP contribution in [-0.4, -0.2) is 49.2 Å². The maximum atomic E-state index is 13.9. The lowest BCUT2D eigenvalue weighted by Crippen LogP contribution is -2.51. The molecule has 0 aliphatic heterocycles. The minimum Gasteiger partial charge on any atom is -0.354 e. The van der Waals surface area contributed by atoms with Gasteiger partial charge in [0.05, 0.1) is 15.5 Å². The summed E-state index contributed by atoms with van der Waals surface area (Å²) < 4.78 is 28.3. The Hall–Kier alpha value is -3.67. The molecule has 0 saturated carbocycles. The Morgan fingerprint density at radius 2 is 1.73 bits per heavy atom. The van der Waals surface area contributed by atoms with Gasteiger partial charge in [0.15, 0.2) is 0 Å². The van der Waals surface area contributed by atoms with Crippen molar-refractivity contribution in [3.63, 3.8) is 0 Å². The van der Waals surface area contributed by atoms with Crippen LogP contribution in [0.25, 0.3) is 0 Å². The number of nitrogens with one attached hydrogen (secondary N) is 1. The number of benzene rings is 3. The number of nitro benzene ring substituents is 1. The highest BCUT2D eigenvalue weighted by molar-refractivity contribution is 7.92. The van der Waals surface area contributed by atoms with Crippen LogP contribution >= 0.6 is 23.2 Å². The van der Waals surface area contributed by atoms with Gasteiger partial charge in [-0.2, -0.15) is 0 Å². The normalized spacial score (nSPS) is 11.9. The fourth-order valence-corrected chi connectivity index (χ4v) is 5.86. The third-order valence-corrected chi connectivity index (χ3v) is 8.67. The van der Waals surface area contributed by atoms with Gasteiger partial charge < -0.3 is 10.2 Å². The van der Waals surface area contributed by atoms with E-state index in [0.29, 0.717) is 17.1 Å². The van der Waals surface area contributed by atoms with Crippen LogP contribution in [0.3, 0.4) is 0 Å². The zero-order chi connectivity index (χ0) is 30.2. The largest absolute Gasteiger partial charge is 0.354 e. The second-order valence-corrected chi connectivity index (χ2v) is 11.9. The van der Waals surface area contributed by atoms with Crippen LogP contribution in [0.5, 0.6) is 0 Å². The lowest BCUT2D eigenvalue weighted by atomic mass is 10.1. The summed E-state index contributed by atoms with van der Waals surface area (Å²) in [6, 6.07) is 16.1. The van der Waals surface area contributed by atoms with Crippen molar-refractivity contribution < 1.29 is 22.9 Å². The topological polar surface area (TPSA) is 130 Å². The maximum absolute atomic E-state index is 13.9. The van der Waals surface area contributed by atoms with Crippen LogP contribution in [-0.2, 0) is 26.2 Å². The SMILES string of the molecule is CCCCNC(=O)[C@H](C)N(Cc1ccc(Cl)cc1Cl)C(=O)CN(c1cccc([N+](=O)[O-])c1)S(=O)(=O)c1ccccc1. The highest BCUT2D eigenvalue weighted by Gasteiger charge is 2.33. The molecule has 41 heavy (non-hydrogen) atoms. The van der Waals surface area contributed by atoms with Gasteiger partial charge in [-0.25, -0.2) is 8.42 Å². The van der Waals surface area contributed by atoms with Gasteiger partial charge >= 0.3 is 0 Å². The van der Waals surface area contributed by atoms with E-state index in [1.807, 2.05) is 6.92 Å². The molecule has 0 bridgehead atoms. The molecule has 1 N–H and O–H groups in total. The fraction of sp³-hybridized carbons (Fsp3) is 0.286. The van der Waals surface area contributed by atoms with Crippen molar-refractivity contribution >= 4 is 56.4 Å². The van der Waals surface area contributed by atoms with Crippen LogP contribution in [0.1, 0.15) is 32.3 Å². The monoisotopic (exact) mass is 620 g/mol. The van der Waals surface area contributed by atoms with Crippen molar-refractivity contribution in [3.8, 4) is 0 Å². The molecule has 13 heteroatoms. The van der Waals surface area contributed by atoms with Crippen LogP contribution in [0.2, 0.25) is 10.0 Å². The van der Waals surface area contributed by atoms with E-state index in [2.05, 4.69) is 5.32 Å². The molecule has 3 aromatic carbocycles. The molecule has 0 aliphatic rings. The van der Waals surface area contributed by atoms with Crippen molar-refractivity contribution in [2.75, 3.05) is 17.4 Å². The molecule has 0 radical (unpaired) electrons. The lowest BCUT2D eigenvalue weighted by molar-refractivity contribution is -0.384. The van der Waals surface area contributed by atoms with Gasteiger partial charge in [0.25, 0.3) is 15.7 Å². The van der Waals surface area contributed by atoms with E-state index in [1.54, 1.807) is 18.2 Å². The Morgan fingerprint density at radius 3 is 2.37 bits per heavy atom. The van der Waals surface area contributed by atoms with Gasteiger partial charge in [0.2, 0.25) is 11.8 Å². The molecule has 2 amide bonds. The van der Waals surface area contributed by atoms with E-state index >= 15 is 0 Å². The lowest BCUT2D eigenvalue weighted by Gasteiger charge is -2.32. The van der Waals surface area contributed by atoms with Gasteiger partial charge in [0.1, 0.15) is 12.6 Å². The number of carbonyl (C=O) groups excluding carboxylic acids is 2. The minimum absolute atomic E-state index is 0.0825. The maximum Gasteiger partial charge on any atom is 0.271 e. The molecule has 3 rings (SSSR count). The van der Waals surface area contributed by atoms with Gasteiger partial charge in [-0.05, 0) is 49.2 Å². The van der Waals surface area contributed by atoms with Crippen LogP contribution in [0.4, 0.5) is 11.4 Å². The predicted octanol–water partition coefficient (Wildman–Crippen LogP) is 5.43. The Morgan fingerprint density at radius 1 is 1.02 bits per heavy atom. The number of halogens is 2. The standard InChI is InChI=1S/C28H30Cl2N4O6S/c1-3-4-15-31-28(36)20(2)32(18-21-13-14-22(29)16-26(21)30)27(35)19-33(23-9-8-10-24(17-23)34(37)38)41(39,40)25-11-6-5-7-12-25/h5-14,16-17,20H,3-4,15,18-19H2,1-2H3,(H,31,36)/t20-/m0/s1. The summed E-state index contributed by atoms with van der Waals surface area (Å²) in [6.07, 6.45) is 1.60. The molecule has 0 aliphatic carbocycles. The number of non-ortho nitro benzene ring substituents is 1.